The third-order valence-corrected chi connectivity index (χ3v) is 7.40. The molecule has 2 N–H and O–H groups in total. The summed E-state index contributed by atoms with van der Waals surface area (Å²) in [5.41, 5.74) is 2.84. The first-order valence-corrected chi connectivity index (χ1v) is 10.7. The van der Waals surface area contributed by atoms with E-state index in [4.69, 9.17) is 5.11 Å². The van der Waals surface area contributed by atoms with Gasteiger partial charge < -0.3 is 5.11 Å². The molecule has 0 atom stereocenters. The standard InChI is InChI=1S/C19H25NO4S2/c1-13-7-5-6-8-14(13)11-15-12-16(17(25-15)9-10-18(21)22)20-26(23,24)19(2,3)4/h5-8,12,20H,9-11H2,1-4H3,(H,21,22). The van der Waals surface area contributed by atoms with Crippen LogP contribution >= 0.6 is 11.3 Å². The number of aryl methyl sites for hydroxylation is 2. The van der Waals surface area contributed by atoms with Gasteiger partial charge in [-0.2, -0.15) is 0 Å². The molecule has 1 heterocycles. The Morgan fingerprint density at radius 3 is 2.46 bits per heavy atom. The zero-order chi connectivity index (χ0) is 19.5. The van der Waals surface area contributed by atoms with Crippen LogP contribution in [0.4, 0.5) is 5.69 Å². The van der Waals surface area contributed by atoms with Gasteiger partial charge in [-0.05, 0) is 51.3 Å². The molecule has 0 spiro atoms. The van der Waals surface area contributed by atoms with Crippen LogP contribution in [0.15, 0.2) is 30.3 Å². The molecule has 0 fully saturated rings. The number of carboxylic acid groups (broad SMARTS) is 1. The molecule has 5 nitrogen and oxygen atoms in total. The van der Waals surface area contributed by atoms with E-state index in [0.29, 0.717) is 18.5 Å². The number of rotatable bonds is 7. The number of hydrogen-bond donors (Lipinski definition) is 2. The Hall–Kier alpha value is -1.86. The van der Waals surface area contributed by atoms with E-state index in [2.05, 4.69) is 4.72 Å². The monoisotopic (exact) mass is 395 g/mol. The molecule has 0 saturated heterocycles. The van der Waals surface area contributed by atoms with Crippen molar-refractivity contribution in [1.82, 2.24) is 0 Å². The molecule has 0 aliphatic carbocycles. The van der Waals surface area contributed by atoms with Gasteiger partial charge in [0.1, 0.15) is 0 Å². The fourth-order valence-electron chi connectivity index (χ4n) is 2.36. The lowest BCUT2D eigenvalue weighted by Crippen LogP contribution is -2.33. The van der Waals surface area contributed by atoms with Gasteiger partial charge >= 0.3 is 5.97 Å². The maximum Gasteiger partial charge on any atom is 0.303 e. The highest BCUT2D eigenvalue weighted by Crippen LogP contribution is 2.33. The molecule has 2 aromatic rings. The summed E-state index contributed by atoms with van der Waals surface area (Å²) in [6, 6.07) is 9.87. The zero-order valence-corrected chi connectivity index (χ0v) is 17.1. The first kappa shape index (κ1) is 20.5. The molecule has 142 valence electrons. The van der Waals surface area contributed by atoms with Crippen LogP contribution in [0, 0.1) is 6.92 Å². The minimum Gasteiger partial charge on any atom is -0.481 e. The van der Waals surface area contributed by atoms with Crippen molar-refractivity contribution in [3.63, 3.8) is 0 Å². The van der Waals surface area contributed by atoms with Crippen molar-refractivity contribution >= 4 is 33.0 Å². The number of thiophene rings is 1. The summed E-state index contributed by atoms with van der Waals surface area (Å²) in [6.45, 7) is 6.93. The molecule has 2 rings (SSSR count). The molecule has 0 saturated carbocycles. The molecule has 1 aromatic heterocycles. The van der Waals surface area contributed by atoms with Crippen molar-refractivity contribution in [2.24, 2.45) is 0 Å². The van der Waals surface area contributed by atoms with Gasteiger partial charge in [-0.3, -0.25) is 9.52 Å². The lowest BCUT2D eigenvalue weighted by molar-refractivity contribution is -0.136. The highest BCUT2D eigenvalue weighted by molar-refractivity contribution is 7.94. The van der Waals surface area contributed by atoms with Crippen molar-refractivity contribution in [2.75, 3.05) is 4.72 Å². The first-order valence-electron chi connectivity index (χ1n) is 8.40. The molecule has 0 aliphatic rings. The van der Waals surface area contributed by atoms with Gasteiger partial charge in [0.25, 0.3) is 0 Å². The molecule has 0 amide bonds. The van der Waals surface area contributed by atoms with E-state index in [0.717, 1.165) is 9.75 Å². The number of hydrogen-bond acceptors (Lipinski definition) is 4. The predicted octanol–water partition coefficient (Wildman–Crippen LogP) is 4.20. The minimum absolute atomic E-state index is 0.0332. The van der Waals surface area contributed by atoms with Crippen LogP contribution in [0.2, 0.25) is 0 Å². The Morgan fingerprint density at radius 1 is 1.23 bits per heavy atom. The maximum atomic E-state index is 12.5. The molecule has 0 bridgehead atoms. The maximum absolute atomic E-state index is 12.5. The summed E-state index contributed by atoms with van der Waals surface area (Å²) in [7, 11) is -3.57. The molecule has 0 aliphatic heterocycles. The quantitative estimate of drug-likeness (QED) is 0.736. The third kappa shape index (κ3) is 5.08. The summed E-state index contributed by atoms with van der Waals surface area (Å²) in [4.78, 5) is 12.7. The summed E-state index contributed by atoms with van der Waals surface area (Å²) in [5.74, 6) is -0.900. The Balaban J connectivity index is 2.34. The number of anilines is 1. The SMILES string of the molecule is Cc1ccccc1Cc1cc(NS(=O)(=O)C(C)(C)C)c(CCC(=O)O)s1. The summed E-state index contributed by atoms with van der Waals surface area (Å²) >= 11 is 1.47. The summed E-state index contributed by atoms with van der Waals surface area (Å²) in [5, 5.41) is 8.97. The lowest BCUT2D eigenvalue weighted by atomic mass is 10.1. The molecule has 26 heavy (non-hydrogen) atoms. The third-order valence-electron chi connectivity index (χ3n) is 4.10. The van der Waals surface area contributed by atoms with E-state index in [1.807, 2.05) is 37.3 Å². The number of sulfonamides is 1. The van der Waals surface area contributed by atoms with E-state index in [-0.39, 0.29) is 6.42 Å². The van der Waals surface area contributed by atoms with Crippen LogP contribution < -0.4 is 4.72 Å². The molecular formula is C19H25NO4S2. The van der Waals surface area contributed by atoms with Crippen molar-refractivity contribution in [1.29, 1.82) is 0 Å². The summed E-state index contributed by atoms with van der Waals surface area (Å²) < 4.78 is 26.7. The number of carbonyl (C=O) groups is 1. The zero-order valence-electron chi connectivity index (χ0n) is 15.5. The smallest absolute Gasteiger partial charge is 0.303 e. The highest BCUT2D eigenvalue weighted by Gasteiger charge is 2.30. The van der Waals surface area contributed by atoms with Crippen LogP contribution in [0.5, 0.6) is 0 Å². The van der Waals surface area contributed by atoms with Crippen LogP contribution in [-0.2, 0) is 27.7 Å². The molecule has 0 unspecified atom stereocenters. The number of aliphatic carboxylic acids is 1. The van der Waals surface area contributed by atoms with Gasteiger partial charge in [-0.15, -0.1) is 11.3 Å². The highest BCUT2D eigenvalue weighted by atomic mass is 32.2. The van der Waals surface area contributed by atoms with Crippen LogP contribution in [0.25, 0.3) is 0 Å². The Bertz CT molecular complexity index is 893. The Labute approximate surface area is 159 Å². The van der Waals surface area contributed by atoms with Crippen LogP contribution in [0.1, 0.15) is 48.1 Å². The van der Waals surface area contributed by atoms with Gasteiger partial charge in [-0.1, -0.05) is 24.3 Å². The van der Waals surface area contributed by atoms with Gasteiger partial charge in [-0.25, -0.2) is 8.42 Å². The van der Waals surface area contributed by atoms with Gasteiger partial charge in [0.15, 0.2) is 0 Å². The van der Waals surface area contributed by atoms with Gasteiger partial charge in [0, 0.05) is 16.2 Å². The number of carboxylic acids is 1. The second-order valence-electron chi connectivity index (χ2n) is 7.26. The van der Waals surface area contributed by atoms with Gasteiger partial charge in [0.05, 0.1) is 16.9 Å². The van der Waals surface area contributed by atoms with E-state index in [1.54, 1.807) is 20.8 Å². The fraction of sp³-hybridized carbons (Fsp3) is 0.421. The van der Waals surface area contributed by atoms with Crippen molar-refractivity contribution in [2.45, 2.75) is 51.7 Å². The van der Waals surface area contributed by atoms with Gasteiger partial charge in [0.2, 0.25) is 10.0 Å². The molecule has 7 heteroatoms. The Kier molecular flexibility index (Phi) is 6.13. The average molecular weight is 396 g/mol. The van der Waals surface area contributed by atoms with E-state index >= 15 is 0 Å². The second kappa shape index (κ2) is 7.80. The van der Waals surface area contributed by atoms with Crippen molar-refractivity contribution in [3.05, 3.63) is 51.2 Å². The number of benzene rings is 1. The predicted molar refractivity (Wildman–Crippen MR) is 107 cm³/mol. The molecule has 0 radical (unpaired) electrons. The minimum atomic E-state index is -3.57. The topological polar surface area (TPSA) is 83.5 Å². The Morgan fingerprint density at radius 2 is 1.88 bits per heavy atom. The normalized spacial score (nSPS) is 12.2. The van der Waals surface area contributed by atoms with Crippen molar-refractivity contribution < 1.29 is 18.3 Å². The van der Waals surface area contributed by atoms with Crippen LogP contribution in [0.3, 0.4) is 0 Å². The van der Waals surface area contributed by atoms with Crippen molar-refractivity contribution in [3.8, 4) is 0 Å². The fourth-order valence-corrected chi connectivity index (χ4v) is 4.35. The largest absolute Gasteiger partial charge is 0.481 e. The molecule has 1 aromatic carbocycles. The van der Waals surface area contributed by atoms with E-state index in [1.165, 1.54) is 22.5 Å². The second-order valence-corrected chi connectivity index (χ2v) is 10.9. The lowest BCUT2D eigenvalue weighted by Gasteiger charge is -2.20. The average Bonchev–Trinajstić information content (AvgIpc) is 2.87. The van der Waals surface area contributed by atoms with E-state index < -0.39 is 20.7 Å². The summed E-state index contributed by atoms with van der Waals surface area (Å²) in [6.07, 6.45) is 0.957. The molecular weight excluding hydrogens is 370 g/mol. The van der Waals surface area contributed by atoms with Crippen LogP contribution in [-0.4, -0.2) is 24.2 Å². The number of nitrogens with one attached hydrogen (secondary N) is 1. The first-order chi connectivity index (χ1) is 12.0. The van der Waals surface area contributed by atoms with E-state index in [9.17, 15) is 13.2 Å².